The summed E-state index contributed by atoms with van der Waals surface area (Å²) in [7, 11) is -3.34. The van der Waals surface area contributed by atoms with Gasteiger partial charge in [-0.3, -0.25) is 9.78 Å². The van der Waals surface area contributed by atoms with E-state index < -0.39 is 16.1 Å². The van der Waals surface area contributed by atoms with E-state index in [4.69, 9.17) is 0 Å². The molecular formula is C14H21N3O3S. The van der Waals surface area contributed by atoms with Crippen LogP contribution >= 0.6 is 0 Å². The van der Waals surface area contributed by atoms with E-state index in [1.165, 1.54) is 4.31 Å². The van der Waals surface area contributed by atoms with Crippen LogP contribution in [-0.2, 0) is 21.2 Å². The lowest BCUT2D eigenvalue weighted by molar-refractivity contribution is -0.125. The van der Waals surface area contributed by atoms with Gasteiger partial charge in [-0.05, 0) is 25.0 Å². The Balaban J connectivity index is 1.89. The molecule has 1 fully saturated rings. The molecule has 2 heterocycles. The number of pyridine rings is 1. The number of aromatic nitrogens is 1. The van der Waals surface area contributed by atoms with Crippen molar-refractivity contribution in [2.75, 3.05) is 19.3 Å². The molecule has 0 spiro atoms. The van der Waals surface area contributed by atoms with Gasteiger partial charge in [-0.15, -0.1) is 0 Å². The quantitative estimate of drug-likeness (QED) is 0.861. The highest BCUT2D eigenvalue weighted by Gasteiger charge is 2.34. The van der Waals surface area contributed by atoms with E-state index in [0.29, 0.717) is 25.9 Å². The summed E-state index contributed by atoms with van der Waals surface area (Å²) >= 11 is 0. The van der Waals surface area contributed by atoms with Crippen molar-refractivity contribution in [1.82, 2.24) is 14.6 Å². The normalized spacial score (nSPS) is 20.1. The molecule has 0 unspecified atom stereocenters. The maximum absolute atomic E-state index is 12.2. The van der Waals surface area contributed by atoms with Gasteiger partial charge in [0.05, 0.1) is 6.26 Å². The van der Waals surface area contributed by atoms with E-state index in [1.54, 1.807) is 6.20 Å². The minimum Gasteiger partial charge on any atom is -0.354 e. The molecule has 0 bridgehead atoms. The van der Waals surface area contributed by atoms with E-state index in [-0.39, 0.29) is 5.91 Å². The molecule has 1 N–H and O–H groups in total. The summed E-state index contributed by atoms with van der Waals surface area (Å²) in [4.78, 5) is 16.4. The Bertz CT molecular complexity index is 574. The Morgan fingerprint density at radius 2 is 2.24 bits per heavy atom. The summed E-state index contributed by atoms with van der Waals surface area (Å²) in [5.74, 6) is -0.212. The van der Waals surface area contributed by atoms with Crippen molar-refractivity contribution in [1.29, 1.82) is 0 Å². The third-order valence-corrected chi connectivity index (χ3v) is 4.88. The van der Waals surface area contributed by atoms with Gasteiger partial charge in [-0.25, -0.2) is 8.42 Å². The fraction of sp³-hybridized carbons (Fsp3) is 0.571. The molecule has 6 nitrogen and oxygen atoms in total. The summed E-state index contributed by atoms with van der Waals surface area (Å²) in [6.07, 6.45) is 5.78. The molecule has 0 aliphatic carbocycles. The maximum Gasteiger partial charge on any atom is 0.238 e. The summed E-state index contributed by atoms with van der Waals surface area (Å²) < 4.78 is 24.8. The number of nitrogens with zero attached hydrogens (tertiary/aromatic N) is 2. The zero-order valence-corrected chi connectivity index (χ0v) is 13.0. The Labute approximate surface area is 125 Å². The number of hydrogen-bond donors (Lipinski definition) is 1. The maximum atomic E-state index is 12.2. The molecule has 1 amide bonds. The zero-order valence-electron chi connectivity index (χ0n) is 12.2. The molecule has 0 saturated carbocycles. The number of hydrogen-bond acceptors (Lipinski definition) is 4. The van der Waals surface area contributed by atoms with Gasteiger partial charge in [0.15, 0.2) is 0 Å². The van der Waals surface area contributed by atoms with E-state index in [2.05, 4.69) is 10.3 Å². The molecular weight excluding hydrogens is 290 g/mol. The second-order valence-electron chi connectivity index (χ2n) is 5.25. The molecule has 7 heteroatoms. The van der Waals surface area contributed by atoms with E-state index in [0.717, 1.165) is 24.8 Å². The van der Waals surface area contributed by atoms with Crippen LogP contribution in [0.1, 0.15) is 25.0 Å². The standard InChI is InChI=1S/C14H21N3O3S/c1-21(19,20)17-11-5-3-7-13(17)14(18)16-10-8-12-6-2-4-9-15-12/h2,4,6,9,13H,3,5,7-8,10-11H2,1H3,(H,16,18)/t13-/m0/s1. The molecule has 1 aromatic rings. The van der Waals surface area contributed by atoms with E-state index in [1.807, 2.05) is 18.2 Å². The highest BCUT2D eigenvalue weighted by atomic mass is 32.2. The topological polar surface area (TPSA) is 79.4 Å². The van der Waals surface area contributed by atoms with Crippen molar-refractivity contribution in [3.05, 3.63) is 30.1 Å². The summed E-state index contributed by atoms with van der Waals surface area (Å²) in [6, 6.07) is 5.07. The number of rotatable bonds is 5. The average molecular weight is 311 g/mol. The molecule has 116 valence electrons. The van der Waals surface area contributed by atoms with Crippen LogP contribution in [0.3, 0.4) is 0 Å². The molecule has 1 aromatic heterocycles. The molecule has 0 aromatic carbocycles. The fourth-order valence-corrected chi connectivity index (χ4v) is 3.67. The third-order valence-electron chi connectivity index (χ3n) is 3.59. The van der Waals surface area contributed by atoms with Crippen LogP contribution in [0.15, 0.2) is 24.4 Å². The van der Waals surface area contributed by atoms with Gasteiger partial charge in [0.25, 0.3) is 0 Å². The van der Waals surface area contributed by atoms with Gasteiger partial charge in [0.1, 0.15) is 6.04 Å². The molecule has 0 radical (unpaired) electrons. The SMILES string of the molecule is CS(=O)(=O)N1CCCC[C@H]1C(=O)NCCc1ccccn1. The van der Waals surface area contributed by atoms with Crippen molar-refractivity contribution >= 4 is 15.9 Å². The summed E-state index contributed by atoms with van der Waals surface area (Å²) in [5, 5.41) is 2.82. The monoisotopic (exact) mass is 311 g/mol. The molecule has 1 aliphatic rings. The number of nitrogens with one attached hydrogen (secondary N) is 1. The van der Waals surface area contributed by atoms with Crippen molar-refractivity contribution in [2.24, 2.45) is 0 Å². The Morgan fingerprint density at radius 3 is 2.90 bits per heavy atom. The lowest BCUT2D eigenvalue weighted by Crippen LogP contribution is -2.51. The smallest absolute Gasteiger partial charge is 0.238 e. The second kappa shape index (κ2) is 7.00. The Kier molecular flexibility index (Phi) is 5.30. The lowest BCUT2D eigenvalue weighted by atomic mass is 10.0. The average Bonchev–Trinajstić information content (AvgIpc) is 2.47. The second-order valence-corrected chi connectivity index (χ2v) is 7.18. The molecule has 1 saturated heterocycles. The number of carbonyl (C=O) groups is 1. The predicted octanol–water partition coefficient (Wildman–Crippen LogP) is 0.554. The molecule has 1 atom stereocenters. The summed E-state index contributed by atoms with van der Waals surface area (Å²) in [6.45, 7) is 0.890. The van der Waals surface area contributed by atoms with Gasteiger partial charge in [-0.2, -0.15) is 4.31 Å². The van der Waals surface area contributed by atoms with Crippen LogP contribution in [0, 0.1) is 0 Å². The Hall–Kier alpha value is -1.47. The molecule has 2 rings (SSSR count). The van der Waals surface area contributed by atoms with Crippen LogP contribution in [0.5, 0.6) is 0 Å². The number of amides is 1. The predicted molar refractivity (Wildman–Crippen MR) is 80.1 cm³/mol. The minimum atomic E-state index is -3.34. The first-order chi connectivity index (χ1) is 9.98. The molecule has 1 aliphatic heterocycles. The fourth-order valence-electron chi connectivity index (χ4n) is 2.54. The lowest BCUT2D eigenvalue weighted by Gasteiger charge is -2.32. The first-order valence-electron chi connectivity index (χ1n) is 7.13. The van der Waals surface area contributed by atoms with Crippen molar-refractivity contribution < 1.29 is 13.2 Å². The molecule has 21 heavy (non-hydrogen) atoms. The van der Waals surface area contributed by atoms with Crippen LogP contribution in [0.2, 0.25) is 0 Å². The van der Waals surface area contributed by atoms with E-state index >= 15 is 0 Å². The van der Waals surface area contributed by atoms with Crippen molar-refractivity contribution in [2.45, 2.75) is 31.7 Å². The number of carbonyl (C=O) groups excluding carboxylic acids is 1. The van der Waals surface area contributed by atoms with E-state index in [9.17, 15) is 13.2 Å². The van der Waals surface area contributed by atoms with Gasteiger partial charge < -0.3 is 5.32 Å². The van der Waals surface area contributed by atoms with Crippen molar-refractivity contribution in [3.63, 3.8) is 0 Å². The van der Waals surface area contributed by atoms with Crippen LogP contribution in [-0.4, -0.2) is 49.0 Å². The van der Waals surface area contributed by atoms with Gasteiger partial charge in [-0.1, -0.05) is 12.5 Å². The number of sulfonamides is 1. The summed E-state index contributed by atoms with van der Waals surface area (Å²) in [5.41, 5.74) is 0.904. The largest absolute Gasteiger partial charge is 0.354 e. The highest BCUT2D eigenvalue weighted by Crippen LogP contribution is 2.19. The van der Waals surface area contributed by atoms with Crippen LogP contribution in [0.25, 0.3) is 0 Å². The van der Waals surface area contributed by atoms with Gasteiger partial charge >= 0.3 is 0 Å². The van der Waals surface area contributed by atoms with Gasteiger partial charge in [0, 0.05) is 31.4 Å². The third kappa shape index (κ3) is 4.50. The highest BCUT2D eigenvalue weighted by molar-refractivity contribution is 7.88. The Morgan fingerprint density at radius 1 is 1.43 bits per heavy atom. The number of piperidine rings is 1. The van der Waals surface area contributed by atoms with Crippen molar-refractivity contribution in [3.8, 4) is 0 Å². The first-order valence-corrected chi connectivity index (χ1v) is 8.98. The minimum absolute atomic E-state index is 0.212. The first kappa shape index (κ1) is 15.9. The zero-order chi connectivity index (χ0) is 15.3. The van der Waals surface area contributed by atoms with Crippen LogP contribution < -0.4 is 5.32 Å². The van der Waals surface area contributed by atoms with Gasteiger partial charge in [0.2, 0.25) is 15.9 Å². The van der Waals surface area contributed by atoms with Crippen LogP contribution in [0.4, 0.5) is 0 Å².